The monoisotopic (exact) mass is 314 g/mol. The highest BCUT2D eigenvalue weighted by Crippen LogP contribution is 2.46. The second kappa shape index (κ2) is 5.83. The van der Waals surface area contributed by atoms with Crippen LogP contribution in [0.15, 0.2) is 0 Å². The molecule has 104 valence electrons. The summed E-state index contributed by atoms with van der Waals surface area (Å²) in [6.07, 6.45) is 15.3. The van der Waals surface area contributed by atoms with Gasteiger partial charge in [-0.3, -0.25) is 0 Å². The van der Waals surface area contributed by atoms with Gasteiger partial charge in [0.1, 0.15) is 0 Å². The van der Waals surface area contributed by atoms with Crippen molar-refractivity contribution in [3.63, 3.8) is 0 Å². The van der Waals surface area contributed by atoms with Crippen LogP contribution < -0.4 is 0 Å². The molecule has 0 amide bonds. The van der Waals surface area contributed by atoms with Crippen molar-refractivity contribution in [1.82, 2.24) is 0 Å². The lowest BCUT2D eigenvalue weighted by Crippen LogP contribution is -2.44. The normalized spacial score (nSPS) is 40.8. The van der Waals surface area contributed by atoms with E-state index in [9.17, 15) is 0 Å². The molecule has 0 aromatic rings. The number of ether oxygens (including phenoxy) is 1. The van der Waals surface area contributed by atoms with Gasteiger partial charge in [0.2, 0.25) is 0 Å². The van der Waals surface area contributed by atoms with Gasteiger partial charge >= 0.3 is 0 Å². The van der Waals surface area contributed by atoms with Crippen LogP contribution in [0.2, 0.25) is 0 Å². The minimum Gasteiger partial charge on any atom is -0.375 e. The molecule has 2 saturated carbocycles. The van der Waals surface area contributed by atoms with Crippen molar-refractivity contribution in [3.8, 4) is 0 Å². The van der Waals surface area contributed by atoms with Crippen LogP contribution in [0.3, 0.4) is 0 Å². The minimum absolute atomic E-state index is 0.297. The van der Waals surface area contributed by atoms with E-state index < -0.39 is 0 Å². The summed E-state index contributed by atoms with van der Waals surface area (Å²) in [5, 5.41) is 0. The number of rotatable bonds is 1. The standard InChI is InChI=1S/C16H27BrO/c17-15-7-3-2-6-14(15)13-8-11-18-16(12-13)9-4-1-5-10-16/h13-15H,1-12H2. The van der Waals surface area contributed by atoms with E-state index >= 15 is 0 Å². The number of hydrogen-bond acceptors (Lipinski definition) is 1. The van der Waals surface area contributed by atoms with Crippen LogP contribution in [-0.4, -0.2) is 17.0 Å². The zero-order chi connectivity index (χ0) is 12.4. The van der Waals surface area contributed by atoms with Crippen molar-refractivity contribution in [2.24, 2.45) is 11.8 Å². The van der Waals surface area contributed by atoms with Gasteiger partial charge in [-0.05, 0) is 50.4 Å². The molecule has 0 N–H and O–H groups in total. The summed E-state index contributed by atoms with van der Waals surface area (Å²) < 4.78 is 6.25. The largest absolute Gasteiger partial charge is 0.375 e. The van der Waals surface area contributed by atoms with Gasteiger partial charge < -0.3 is 4.74 Å². The van der Waals surface area contributed by atoms with Crippen LogP contribution in [0, 0.1) is 11.8 Å². The van der Waals surface area contributed by atoms with Crippen molar-refractivity contribution in [3.05, 3.63) is 0 Å². The lowest BCUT2D eigenvalue weighted by atomic mass is 9.69. The molecule has 0 aromatic heterocycles. The Morgan fingerprint density at radius 2 is 1.67 bits per heavy atom. The molecular formula is C16H27BrO. The van der Waals surface area contributed by atoms with Crippen molar-refractivity contribution in [1.29, 1.82) is 0 Å². The minimum atomic E-state index is 0.297. The molecule has 0 aromatic carbocycles. The molecule has 3 rings (SSSR count). The third-order valence-electron chi connectivity index (χ3n) is 5.63. The van der Waals surface area contributed by atoms with Gasteiger partial charge in [-0.25, -0.2) is 0 Å². The zero-order valence-electron chi connectivity index (χ0n) is 11.5. The number of hydrogen-bond donors (Lipinski definition) is 0. The van der Waals surface area contributed by atoms with E-state index in [2.05, 4.69) is 15.9 Å². The van der Waals surface area contributed by atoms with E-state index in [1.807, 2.05) is 0 Å². The maximum atomic E-state index is 6.25. The van der Waals surface area contributed by atoms with Crippen molar-refractivity contribution < 1.29 is 4.74 Å². The lowest BCUT2D eigenvalue weighted by Gasteiger charge is -2.47. The molecule has 1 nitrogen and oxygen atoms in total. The maximum absolute atomic E-state index is 6.25. The Balaban J connectivity index is 1.65. The summed E-state index contributed by atoms with van der Waals surface area (Å²) in [5.41, 5.74) is 0.297. The van der Waals surface area contributed by atoms with Crippen molar-refractivity contribution in [2.75, 3.05) is 6.61 Å². The highest BCUT2D eigenvalue weighted by atomic mass is 79.9. The Kier molecular flexibility index (Phi) is 4.35. The van der Waals surface area contributed by atoms with Crippen LogP contribution in [0.1, 0.15) is 70.6 Å². The Morgan fingerprint density at radius 1 is 0.889 bits per heavy atom. The molecule has 1 spiro atoms. The molecule has 3 atom stereocenters. The molecule has 1 saturated heterocycles. The molecule has 3 fully saturated rings. The fourth-order valence-corrected chi connectivity index (χ4v) is 5.64. The smallest absolute Gasteiger partial charge is 0.0685 e. The molecule has 1 aliphatic heterocycles. The van der Waals surface area contributed by atoms with E-state index in [4.69, 9.17) is 4.74 Å². The van der Waals surface area contributed by atoms with Crippen LogP contribution in [0.4, 0.5) is 0 Å². The van der Waals surface area contributed by atoms with Gasteiger partial charge in [0.15, 0.2) is 0 Å². The average molecular weight is 315 g/mol. The first-order valence-corrected chi connectivity index (χ1v) is 8.99. The predicted molar refractivity (Wildman–Crippen MR) is 79.2 cm³/mol. The summed E-state index contributed by atoms with van der Waals surface area (Å²) in [7, 11) is 0. The zero-order valence-corrected chi connectivity index (χ0v) is 13.1. The molecule has 0 bridgehead atoms. The summed E-state index contributed by atoms with van der Waals surface area (Å²) in [6, 6.07) is 0. The summed E-state index contributed by atoms with van der Waals surface area (Å²) in [6.45, 7) is 1.03. The topological polar surface area (TPSA) is 9.23 Å². The first kappa shape index (κ1) is 13.4. The molecule has 2 aliphatic carbocycles. The number of alkyl halides is 1. The van der Waals surface area contributed by atoms with E-state index in [1.165, 1.54) is 70.6 Å². The van der Waals surface area contributed by atoms with Crippen LogP contribution >= 0.6 is 15.9 Å². The summed E-state index contributed by atoms with van der Waals surface area (Å²) in [4.78, 5) is 0.787. The van der Waals surface area contributed by atoms with Gasteiger partial charge in [0, 0.05) is 11.4 Å². The van der Waals surface area contributed by atoms with E-state index in [-0.39, 0.29) is 0 Å². The Labute approximate surface area is 120 Å². The van der Waals surface area contributed by atoms with Crippen LogP contribution in [-0.2, 0) is 4.74 Å². The SMILES string of the molecule is BrC1CCCCC1C1CCOC2(CCCCC2)C1. The van der Waals surface area contributed by atoms with Gasteiger partial charge in [-0.15, -0.1) is 0 Å². The molecule has 3 aliphatic rings. The molecule has 18 heavy (non-hydrogen) atoms. The highest BCUT2D eigenvalue weighted by molar-refractivity contribution is 9.09. The first-order chi connectivity index (χ1) is 8.79. The van der Waals surface area contributed by atoms with E-state index in [0.29, 0.717) is 5.60 Å². The highest BCUT2D eigenvalue weighted by Gasteiger charge is 2.42. The average Bonchev–Trinajstić information content (AvgIpc) is 2.40. The molecular weight excluding hydrogens is 288 g/mol. The van der Waals surface area contributed by atoms with Gasteiger partial charge in [-0.1, -0.05) is 48.0 Å². The second-order valence-corrected chi connectivity index (χ2v) is 7.99. The second-order valence-electron chi connectivity index (χ2n) is 6.81. The summed E-state index contributed by atoms with van der Waals surface area (Å²) >= 11 is 3.96. The van der Waals surface area contributed by atoms with Crippen LogP contribution in [0.5, 0.6) is 0 Å². The molecule has 0 radical (unpaired) electrons. The van der Waals surface area contributed by atoms with Crippen molar-refractivity contribution >= 4 is 15.9 Å². The van der Waals surface area contributed by atoms with Crippen molar-refractivity contribution in [2.45, 2.75) is 81.1 Å². The Hall–Kier alpha value is 0.440. The fraction of sp³-hybridized carbons (Fsp3) is 1.00. The molecule has 1 heterocycles. The maximum Gasteiger partial charge on any atom is 0.0685 e. The third kappa shape index (κ3) is 2.80. The van der Waals surface area contributed by atoms with E-state index in [1.54, 1.807) is 0 Å². The predicted octanol–water partition coefficient (Wildman–Crippen LogP) is 5.07. The fourth-order valence-electron chi connectivity index (χ4n) is 4.62. The van der Waals surface area contributed by atoms with E-state index in [0.717, 1.165) is 23.3 Å². The van der Waals surface area contributed by atoms with Gasteiger partial charge in [0.05, 0.1) is 5.60 Å². The van der Waals surface area contributed by atoms with Crippen LogP contribution in [0.25, 0.3) is 0 Å². The number of halogens is 1. The van der Waals surface area contributed by atoms with Gasteiger partial charge in [-0.2, -0.15) is 0 Å². The Bertz CT molecular complexity index is 267. The quantitative estimate of drug-likeness (QED) is 0.614. The third-order valence-corrected chi connectivity index (χ3v) is 6.77. The summed E-state index contributed by atoms with van der Waals surface area (Å²) in [5.74, 6) is 1.86. The molecule has 2 heteroatoms. The first-order valence-electron chi connectivity index (χ1n) is 8.07. The lowest BCUT2D eigenvalue weighted by molar-refractivity contribution is -0.126. The molecule has 3 unspecified atom stereocenters. The van der Waals surface area contributed by atoms with Gasteiger partial charge in [0.25, 0.3) is 0 Å². The Morgan fingerprint density at radius 3 is 2.44 bits per heavy atom.